The summed E-state index contributed by atoms with van der Waals surface area (Å²) in [6, 6.07) is 6.40. The van der Waals surface area contributed by atoms with Crippen LogP contribution in [0.15, 0.2) is 34.9 Å². The molecule has 8 nitrogen and oxygen atoms in total. The molecule has 0 unspecified atom stereocenters. The summed E-state index contributed by atoms with van der Waals surface area (Å²) in [4.78, 5) is 24.1. The van der Waals surface area contributed by atoms with Crippen LogP contribution in [0, 0.1) is 6.92 Å². The van der Waals surface area contributed by atoms with Crippen LogP contribution in [-0.2, 0) is 11.3 Å². The van der Waals surface area contributed by atoms with Gasteiger partial charge < -0.3 is 19.2 Å². The van der Waals surface area contributed by atoms with Crippen molar-refractivity contribution in [1.82, 2.24) is 15.0 Å². The molecular formula is C20H19F3N4O4. The van der Waals surface area contributed by atoms with Gasteiger partial charge in [-0.15, -0.1) is 0 Å². The first-order chi connectivity index (χ1) is 14.6. The molecule has 31 heavy (non-hydrogen) atoms. The van der Waals surface area contributed by atoms with Crippen molar-refractivity contribution in [2.75, 3.05) is 19.0 Å². The van der Waals surface area contributed by atoms with Gasteiger partial charge in [-0.1, -0.05) is 0 Å². The number of Topliss-reactive ketones (excluding diaryl/α,β-unsaturated/α-hetero) is 1. The van der Waals surface area contributed by atoms with Crippen LogP contribution in [0.3, 0.4) is 0 Å². The van der Waals surface area contributed by atoms with E-state index in [1.54, 1.807) is 31.3 Å². The number of methoxy groups -OCH3 is 1. The van der Waals surface area contributed by atoms with Crippen molar-refractivity contribution < 1.29 is 31.9 Å². The topological polar surface area (TPSA) is 99.4 Å². The number of rotatable bonds is 8. The number of ketones is 1. The van der Waals surface area contributed by atoms with Crippen LogP contribution in [-0.4, -0.2) is 40.6 Å². The smallest absolute Gasteiger partial charge is 0.411 e. The van der Waals surface area contributed by atoms with Gasteiger partial charge >= 0.3 is 6.18 Å². The molecule has 0 bridgehead atoms. The van der Waals surface area contributed by atoms with Gasteiger partial charge in [-0.25, -0.2) is 15.0 Å². The van der Waals surface area contributed by atoms with E-state index >= 15 is 0 Å². The minimum Gasteiger partial charge on any atom is -0.496 e. The molecule has 0 aliphatic heterocycles. The van der Waals surface area contributed by atoms with E-state index in [0.29, 0.717) is 28.7 Å². The number of halogens is 3. The lowest BCUT2D eigenvalue weighted by molar-refractivity contribution is -0.176. The zero-order chi connectivity index (χ0) is 22.6. The monoisotopic (exact) mass is 436 g/mol. The van der Waals surface area contributed by atoms with Gasteiger partial charge in [-0.3, -0.25) is 4.79 Å². The first-order valence-corrected chi connectivity index (χ1v) is 9.06. The molecule has 0 aliphatic rings. The Morgan fingerprint density at radius 3 is 2.61 bits per heavy atom. The number of benzene rings is 1. The minimum atomic E-state index is -4.46. The second kappa shape index (κ2) is 9.13. The van der Waals surface area contributed by atoms with E-state index in [-0.39, 0.29) is 23.1 Å². The molecule has 2 aromatic heterocycles. The summed E-state index contributed by atoms with van der Waals surface area (Å²) in [5, 5.41) is 2.93. The molecule has 2 heterocycles. The number of hydrogen-bond acceptors (Lipinski definition) is 8. The van der Waals surface area contributed by atoms with Gasteiger partial charge in [0.2, 0.25) is 5.95 Å². The van der Waals surface area contributed by atoms with Gasteiger partial charge in [0, 0.05) is 25.6 Å². The molecule has 0 fully saturated rings. The van der Waals surface area contributed by atoms with E-state index in [2.05, 4.69) is 25.0 Å². The molecule has 0 spiro atoms. The van der Waals surface area contributed by atoms with Crippen LogP contribution in [0.2, 0.25) is 0 Å². The number of carbonyl (C=O) groups is 1. The van der Waals surface area contributed by atoms with Crippen LogP contribution in [0.5, 0.6) is 5.75 Å². The Morgan fingerprint density at radius 1 is 1.23 bits per heavy atom. The van der Waals surface area contributed by atoms with Crippen LogP contribution >= 0.6 is 0 Å². The van der Waals surface area contributed by atoms with Crippen LogP contribution in [0.1, 0.15) is 29.0 Å². The summed E-state index contributed by atoms with van der Waals surface area (Å²) < 4.78 is 52.5. The number of nitrogens with zero attached hydrogens (tertiary/aromatic N) is 3. The molecule has 11 heteroatoms. The molecule has 0 radical (unpaired) electrons. The van der Waals surface area contributed by atoms with Crippen molar-refractivity contribution in [3.05, 3.63) is 47.7 Å². The van der Waals surface area contributed by atoms with E-state index in [0.717, 1.165) is 0 Å². The molecule has 3 rings (SSSR count). The maximum atomic E-state index is 12.3. The quantitative estimate of drug-likeness (QED) is 0.516. The fourth-order valence-corrected chi connectivity index (χ4v) is 2.67. The summed E-state index contributed by atoms with van der Waals surface area (Å²) in [6.45, 7) is 1.17. The Hall–Kier alpha value is -3.47. The standard InChI is InChI=1S/C20H19F3N4O4/c1-11(28)16-6-14(9-30-10-20(21,22)23)26-19(27-16)25-13-4-5-15(17(7-13)29-3)18-8-24-12(2)31-18/h4-8H,9-10H2,1-3H3,(H,25,26,27). The summed E-state index contributed by atoms with van der Waals surface area (Å²) in [6.07, 6.45) is -2.88. The Labute approximate surface area is 175 Å². The Bertz CT molecular complexity index is 1080. The predicted molar refractivity (Wildman–Crippen MR) is 104 cm³/mol. The number of oxazole rings is 1. The number of ether oxygens (including phenoxy) is 2. The van der Waals surface area contributed by atoms with Crippen molar-refractivity contribution in [2.45, 2.75) is 26.6 Å². The first-order valence-electron chi connectivity index (χ1n) is 9.06. The van der Waals surface area contributed by atoms with Crippen LogP contribution < -0.4 is 10.1 Å². The van der Waals surface area contributed by atoms with E-state index in [4.69, 9.17) is 9.15 Å². The van der Waals surface area contributed by atoms with E-state index < -0.39 is 19.4 Å². The highest BCUT2D eigenvalue weighted by molar-refractivity contribution is 5.92. The second-order valence-corrected chi connectivity index (χ2v) is 6.52. The highest BCUT2D eigenvalue weighted by Crippen LogP contribution is 2.33. The number of anilines is 2. The van der Waals surface area contributed by atoms with Gasteiger partial charge in [0.1, 0.15) is 18.1 Å². The summed E-state index contributed by atoms with van der Waals surface area (Å²) >= 11 is 0. The molecular weight excluding hydrogens is 417 g/mol. The number of nitrogens with one attached hydrogen (secondary N) is 1. The average Bonchev–Trinajstić information content (AvgIpc) is 3.12. The number of alkyl halides is 3. The molecule has 0 saturated carbocycles. The third-order valence-electron chi connectivity index (χ3n) is 4.00. The normalized spacial score (nSPS) is 11.4. The zero-order valence-corrected chi connectivity index (χ0v) is 16.9. The highest BCUT2D eigenvalue weighted by Gasteiger charge is 2.27. The zero-order valence-electron chi connectivity index (χ0n) is 16.9. The van der Waals surface area contributed by atoms with Crippen LogP contribution in [0.25, 0.3) is 11.3 Å². The fraction of sp³-hybridized carbons (Fsp3) is 0.300. The SMILES string of the molecule is COc1cc(Nc2nc(COCC(F)(F)F)cc(C(C)=O)n2)ccc1-c1cnc(C)o1. The third-order valence-corrected chi connectivity index (χ3v) is 4.00. The molecule has 1 N–H and O–H groups in total. The van der Waals surface area contributed by atoms with E-state index in [9.17, 15) is 18.0 Å². The molecule has 0 aliphatic carbocycles. The maximum absolute atomic E-state index is 12.3. The number of hydrogen-bond donors (Lipinski definition) is 1. The van der Waals surface area contributed by atoms with Gasteiger partial charge in [0.05, 0.1) is 31.2 Å². The van der Waals surface area contributed by atoms with Crippen molar-refractivity contribution in [3.8, 4) is 17.1 Å². The first kappa shape index (κ1) is 22.2. The maximum Gasteiger partial charge on any atom is 0.411 e. The lowest BCUT2D eigenvalue weighted by Gasteiger charge is -2.12. The van der Waals surface area contributed by atoms with Crippen molar-refractivity contribution in [3.63, 3.8) is 0 Å². The largest absolute Gasteiger partial charge is 0.496 e. The molecule has 0 atom stereocenters. The van der Waals surface area contributed by atoms with Crippen molar-refractivity contribution >= 4 is 17.4 Å². The van der Waals surface area contributed by atoms with E-state index in [1.165, 1.54) is 20.1 Å². The Balaban J connectivity index is 1.84. The highest BCUT2D eigenvalue weighted by atomic mass is 19.4. The Morgan fingerprint density at radius 2 is 2.00 bits per heavy atom. The lowest BCUT2D eigenvalue weighted by Crippen LogP contribution is -2.17. The number of aryl methyl sites for hydroxylation is 1. The average molecular weight is 436 g/mol. The van der Waals surface area contributed by atoms with E-state index in [1.807, 2.05) is 0 Å². The fourth-order valence-electron chi connectivity index (χ4n) is 2.67. The molecule has 0 saturated heterocycles. The summed E-state index contributed by atoms with van der Waals surface area (Å²) in [5.74, 6) is 1.19. The number of aromatic nitrogens is 3. The second-order valence-electron chi connectivity index (χ2n) is 6.52. The van der Waals surface area contributed by atoms with Gasteiger partial charge in [0.15, 0.2) is 17.4 Å². The Kier molecular flexibility index (Phi) is 6.54. The third kappa shape index (κ3) is 6.01. The lowest BCUT2D eigenvalue weighted by atomic mass is 10.1. The summed E-state index contributed by atoms with van der Waals surface area (Å²) in [7, 11) is 1.49. The number of carbonyl (C=O) groups excluding carboxylic acids is 1. The van der Waals surface area contributed by atoms with Crippen molar-refractivity contribution in [1.29, 1.82) is 0 Å². The summed E-state index contributed by atoms with van der Waals surface area (Å²) in [5.41, 5.74) is 1.38. The molecule has 0 amide bonds. The van der Waals surface area contributed by atoms with Gasteiger partial charge in [-0.2, -0.15) is 13.2 Å². The van der Waals surface area contributed by atoms with Gasteiger partial charge in [0.25, 0.3) is 0 Å². The van der Waals surface area contributed by atoms with Crippen LogP contribution in [0.4, 0.5) is 24.8 Å². The van der Waals surface area contributed by atoms with Gasteiger partial charge in [-0.05, 0) is 18.2 Å². The molecule has 3 aromatic rings. The predicted octanol–water partition coefficient (Wildman–Crippen LogP) is 4.47. The molecule has 164 valence electrons. The molecule has 1 aromatic carbocycles. The minimum absolute atomic E-state index is 0.0311. The van der Waals surface area contributed by atoms with Crippen molar-refractivity contribution in [2.24, 2.45) is 0 Å².